The molecule has 29 heavy (non-hydrogen) atoms. The SMILES string of the molecule is C/C=C(/C)C(=O)OC[C@@H]1C(c2ccc(F)cc2)OC[C@@H]1Cc1ccc(OC)cc1. The normalized spacial score (nSPS) is 21.8. The zero-order valence-electron chi connectivity index (χ0n) is 17.1. The summed E-state index contributed by atoms with van der Waals surface area (Å²) in [4.78, 5) is 12.2. The minimum absolute atomic E-state index is 0.0174. The molecule has 0 aromatic heterocycles. The Kier molecular flexibility index (Phi) is 7.04. The summed E-state index contributed by atoms with van der Waals surface area (Å²) in [6.45, 7) is 4.36. The predicted molar refractivity (Wildman–Crippen MR) is 109 cm³/mol. The van der Waals surface area contributed by atoms with Gasteiger partial charge in [0.15, 0.2) is 0 Å². The molecule has 5 heteroatoms. The van der Waals surface area contributed by atoms with Crippen LogP contribution in [0.25, 0.3) is 0 Å². The molecule has 154 valence electrons. The van der Waals surface area contributed by atoms with Gasteiger partial charge in [0.25, 0.3) is 0 Å². The summed E-state index contributed by atoms with van der Waals surface area (Å²) in [5, 5.41) is 0. The van der Waals surface area contributed by atoms with Gasteiger partial charge in [-0.15, -0.1) is 0 Å². The van der Waals surface area contributed by atoms with Crippen molar-refractivity contribution >= 4 is 5.97 Å². The zero-order chi connectivity index (χ0) is 20.8. The number of carbonyl (C=O) groups is 1. The van der Waals surface area contributed by atoms with Gasteiger partial charge in [-0.3, -0.25) is 0 Å². The highest BCUT2D eigenvalue weighted by Crippen LogP contribution is 2.40. The molecular weight excluding hydrogens is 371 g/mol. The van der Waals surface area contributed by atoms with Crippen LogP contribution in [0.3, 0.4) is 0 Å². The molecule has 1 aliphatic heterocycles. The van der Waals surface area contributed by atoms with Crippen LogP contribution < -0.4 is 4.74 Å². The number of rotatable bonds is 7. The number of hydrogen-bond acceptors (Lipinski definition) is 4. The van der Waals surface area contributed by atoms with Gasteiger partial charge in [0.2, 0.25) is 0 Å². The van der Waals surface area contributed by atoms with Crippen LogP contribution in [0.5, 0.6) is 5.75 Å². The molecule has 2 aromatic rings. The van der Waals surface area contributed by atoms with Gasteiger partial charge in [-0.1, -0.05) is 30.3 Å². The maximum atomic E-state index is 13.4. The van der Waals surface area contributed by atoms with Crippen LogP contribution in [0, 0.1) is 17.7 Å². The maximum Gasteiger partial charge on any atom is 0.333 e. The average Bonchev–Trinajstić information content (AvgIpc) is 3.14. The number of hydrogen-bond donors (Lipinski definition) is 0. The first kappa shape index (κ1) is 21.1. The van der Waals surface area contributed by atoms with E-state index in [-0.39, 0.29) is 36.3 Å². The fraction of sp³-hybridized carbons (Fsp3) is 0.375. The first-order valence-corrected chi connectivity index (χ1v) is 9.82. The Labute approximate surface area is 171 Å². The van der Waals surface area contributed by atoms with E-state index in [2.05, 4.69) is 0 Å². The van der Waals surface area contributed by atoms with Gasteiger partial charge in [-0.25, -0.2) is 9.18 Å². The van der Waals surface area contributed by atoms with E-state index in [4.69, 9.17) is 14.2 Å². The maximum absolute atomic E-state index is 13.4. The second kappa shape index (κ2) is 9.70. The molecule has 0 bridgehead atoms. The van der Waals surface area contributed by atoms with Crippen molar-refractivity contribution in [1.29, 1.82) is 0 Å². The third-order valence-electron chi connectivity index (χ3n) is 5.50. The number of carbonyl (C=O) groups excluding carboxylic acids is 1. The number of ether oxygens (including phenoxy) is 3. The minimum atomic E-state index is -0.319. The van der Waals surface area contributed by atoms with E-state index >= 15 is 0 Å². The molecular formula is C24H27FO4. The van der Waals surface area contributed by atoms with Gasteiger partial charge in [0.1, 0.15) is 11.6 Å². The lowest BCUT2D eigenvalue weighted by molar-refractivity contribution is -0.141. The Balaban J connectivity index is 1.77. The molecule has 4 nitrogen and oxygen atoms in total. The molecule has 1 fully saturated rings. The molecule has 0 spiro atoms. The number of benzene rings is 2. The Morgan fingerprint density at radius 2 is 1.86 bits per heavy atom. The van der Waals surface area contributed by atoms with Crippen LogP contribution in [-0.4, -0.2) is 26.3 Å². The standard InChI is InChI=1S/C24H27FO4/c1-4-16(2)24(26)29-15-22-19(13-17-5-11-21(27-3)12-6-17)14-28-23(22)18-7-9-20(25)10-8-18/h4-12,19,22-23H,13-15H2,1-3H3/b16-4-/t19-,22-,23?/m0/s1. The molecule has 0 aliphatic carbocycles. The molecule has 1 heterocycles. The summed E-state index contributed by atoms with van der Waals surface area (Å²) in [6.07, 6.45) is 2.30. The second-order valence-corrected chi connectivity index (χ2v) is 7.35. The molecule has 3 rings (SSSR count). The molecule has 1 aliphatic rings. The van der Waals surface area contributed by atoms with Crippen LogP contribution in [0.15, 0.2) is 60.2 Å². The van der Waals surface area contributed by atoms with Gasteiger partial charge in [0, 0.05) is 11.5 Å². The summed E-state index contributed by atoms with van der Waals surface area (Å²) >= 11 is 0. The largest absolute Gasteiger partial charge is 0.497 e. The number of esters is 1. The number of methoxy groups -OCH3 is 1. The first-order valence-electron chi connectivity index (χ1n) is 9.82. The quantitative estimate of drug-likeness (QED) is 0.492. The third-order valence-corrected chi connectivity index (χ3v) is 5.50. The van der Waals surface area contributed by atoms with Crippen molar-refractivity contribution in [2.45, 2.75) is 26.4 Å². The van der Waals surface area contributed by atoms with Gasteiger partial charge >= 0.3 is 5.97 Å². The Morgan fingerprint density at radius 3 is 2.48 bits per heavy atom. The van der Waals surface area contributed by atoms with E-state index < -0.39 is 0 Å². The lowest BCUT2D eigenvalue weighted by atomic mass is 9.84. The van der Waals surface area contributed by atoms with Crippen LogP contribution in [-0.2, 0) is 20.7 Å². The van der Waals surface area contributed by atoms with Gasteiger partial charge in [0.05, 0.1) is 26.4 Å². The molecule has 0 radical (unpaired) electrons. The topological polar surface area (TPSA) is 44.8 Å². The lowest BCUT2D eigenvalue weighted by Gasteiger charge is -2.23. The Bertz CT molecular complexity index is 842. The highest BCUT2D eigenvalue weighted by molar-refractivity contribution is 5.87. The van der Waals surface area contributed by atoms with Crippen LogP contribution >= 0.6 is 0 Å². The smallest absolute Gasteiger partial charge is 0.333 e. The number of halogens is 1. The second-order valence-electron chi connectivity index (χ2n) is 7.35. The molecule has 1 unspecified atom stereocenters. The van der Waals surface area contributed by atoms with E-state index in [9.17, 15) is 9.18 Å². The van der Waals surface area contributed by atoms with Crippen LogP contribution in [0.4, 0.5) is 4.39 Å². The van der Waals surface area contributed by atoms with Gasteiger partial charge in [-0.2, -0.15) is 0 Å². The zero-order valence-corrected chi connectivity index (χ0v) is 17.1. The van der Waals surface area contributed by atoms with E-state index in [0.717, 1.165) is 17.7 Å². The molecule has 0 saturated carbocycles. The average molecular weight is 398 g/mol. The van der Waals surface area contributed by atoms with E-state index in [1.165, 1.54) is 17.7 Å². The van der Waals surface area contributed by atoms with E-state index in [1.807, 2.05) is 31.2 Å². The lowest BCUT2D eigenvalue weighted by Crippen LogP contribution is -2.24. The van der Waals surface area contributed by atoms with Crippen LogP contribution in [0.1, 0.15) is 31.1 Å². The first-order chi connectivity index (χ1) is 14.0. The molecule has 2 aromatic carbocycles. The minimum Gasteiger partial charge on any atom is -0.497 e. The van der Waals surface area contributed by atoms with Gasteiger partial charge in [-0.05, 0) is 61.6 Å². The van der Waals surface area contributed by atoms with E-state index in [1.54, 1.807) is 32.2 Å². The summed E-state index contributed by atoms with van der Waals surface area (Å²) in [5.74, 6) is 0.370. The summed E-state index contributed by atoms with van der Waals surface area (Å²) in [7, 11) is 1.64. The number of allylic oxidation sites excluding steroid dienone is 1. The van der Waals surface area contributed by atoms with Crippen molar-refractivity contribution in [1.82, 2.24) is 0 Å². The van der Waals surface area contributed by atoms with Gasteiger partial charge < -0.3 is 14.2 Å². The molecule has 3 atom stereocenters. The van der Waals surface area contributed by atoms with Crippen molar-refractivity contribution < 1.29 is 23.4 Å². The van der Waals surface area contributed by atoms with E-state index in [0.29, 0.717) is 12.2 Å². The predicted octanol–water partition coefficient (Wildman–Crippen LogP) is 4.89. The summed E-state index contributed by atoms with van der Waals surface area (Å²) < 4.78 is 30.2. The summed E-state index contributed by atoms with van der Waals surface area (Å²) in [6, 6.07) is 14.3. The summed E-state index contributed by atoms with van der Waals surface area (Å²) in [5.41, 5.74) is 2.64. The monoisotopic (exact) mass is 398 g/mol. The highest BCUT2D eigenvalue weighted by atomic mass is 19.1. The highest BCUT2D eigenvalue weighted by Gasteiger charge is 2.39. The van der Waals surface area contributed by atoms with Crippen molar-refractivity contribution in [3.63, 3.8) is 0 Å². The Morgan fingerprint density at radius 1 is 1.17 bits per heavy atom. The fourth-order valence-corrected chi connectivity index (χ4v) is 3.62. The molecule has 1 saturated heterocycles. The van der Waals surface area contributed by atoms with Crippen molar-refractivity contribution in [3.8, 4) is 5.75 Å². The van der Waals surface area contributed by atoms with Crippen molar-refractivity contribution in [2.24, 2.45) is 11.8 Å². The third kappa shape index (κ3) is 5.24. The Hall–Kier alpha value is -2.66. The van der Waals surface area contributed by atoms with Crippen molar-refractivity contribution in [3.05, 3.63) is 77.1 Å². The van der Waals surface area contributed by atoms with Crippen LogP contribution in [0.2, 0.25) is 0 Å². The molecule has 0 N–H and O–H groups in total. The fourth-order valence-electron chi connectivity index (χ4n) is 3.62. The van der Waals surface area contributed by atoms with Crippen molar-refractivity contribution in [2.75, 3.05) is 20.3 Å². The molecule has 0 amide bonds.